The average Bonchev–Trinajstić information content (AvgIpc) is 2.47. The first-order chi connectivity index (χ1) is 9.46. The first-order valence-electron chi connectivity index (χ1n) is 5.72. The fourth-order valence-electron chi connectivity index (χ4n) is 1.67. The molecule has 20 heavy (non-hydrogen) atoms. The molecule has 7 heteroatoms. The molecule has 0 aliphatic rings. The normalized spacial score (nSPS) is 11.1. The topological polar surface area (TPSA) is 85.2 Å². The van der Waals surface area contributed by atoms with Crippen LogP contribution in [0.1, 0.15) is 10.4 Å². The van der Waals surface area contributed by atoms with Gasteiger partial charge in [-0.2, -0.15) is 0 Å². The van der Waals surface area contributed by atoms with E-state index in [-0.39, 0.29) is 10.5 Å². The van der Waals surface area contributed by atoms with Gasteiger partial charge in [-0.1, -0.05) is 12.1 Å². The van der Waals surface area contributed by atoms with Crippen LogP contribution >= 0.6 is 0 Å². The molecule has 0 saturated heterocycles. The fraction of sp³-hybridized carbons (Fsp3) is 0.0769. The largest absolute Gasteiger partial charge is 0.355 e. The van der Waals surface area contributed by atoms with Crippen LogP contribution in [0.25, 0.3) is 0 Å². The molecule has 0 spiro atoms. The summed E-state index contributed by atoms with van der Waals surface area (Å²) in [5, 5.41) is 2.41. The minimum atomic E-state index is -4.01. The van der Waals surface area contributed by atoms with E-state index in [9.17, 15) is 18.0 Å². The van der Waals surface area contributed by atoms with Crippen LogP contribution in [0.4, 0.5) is 0 Å². The summed E-state index contributed by atoms with van der Waals surface area (Å²) < 4.78 is 25.3. The van der Waals surface area contributed by atoms with Crippen molar-refractivity contribution in [2.75, 3.05) is 7.05 Å². The van der Waals surface area contributed by atoms with Crippen LogP contribution < -0.4 is 10.9 Å². The van der Waals surface area contributed by atoms with E-state index in [4.69, 9.17) is 0 Å². The van der Waals surface area contributed by atoms with Crippen molar-refractivity contribution in [3.8, 4) is 0 Å². The molecule has 0 aliphatic carbocycles. The molecule has 0 unspecified atom stereocenters. The van der Waals surface area contributed by atoms with Gasteiger partial charge in [0.1, 0.15) is 0 Å². The zero-order chi connectivity index (χ0) is 14.8. The minimum absolute atomic E-state index is 0.119. The standard InChI is InChI=1S/C13H12N2O4S/c1-14-13(17)10-5-4-6-11(9-10)20(18,19)15-8-3-2-7-12(15)16/h2-9H,1H3,(H,14,17). The van der Waals surface area contributed by atoms with E-state index in [2.05, 4.69) is 5.32 Å². The van der Waals surface area contributed by atoms with E-state index in [1.165, 1.54) is 49.6 Å². The van der Waals surface area contributed by atoms with Gasteiger partial charge < -0.3 is 5.32 Å². The van der Waals surface area contributed by atoms with Gasteiger partial charge in [0, 0.05) is 24.9 Å². The predicted octanol–water partition coefficient (Wildman–Crippen LogP) is 0.445. The van der Waals surface area contributed by atoms with Crippen LogP contribution in [0.15, 0.2) is 58.4 Å². The number of rotatable bonds is 3. The molecule has 0 fully saturated rings. The van der Waals surface area contributed by atoms with Crippen molar-refractivity contribution in [1.29, 1.82) is 0 Å². The van der Waals surface area contributed by atoms with Gasteiger partial charge in [-0.3, -0.25) is 9.59 Å². The van der Waals surface area contributed by atoms with Gasteiger partial charge in [0.2, 0.25) is 0 Å². The van der Waals surface area contributed by atoms with Gasteiger partial charge in [-0.15, -0.1) is 0 Å². The maximum atomic E-state index is 12.3. The van der Waals surface area contributed by atoms with Crippen molar-refractivity contribution < 1.29 is 13.2 Å². The first-order valence-corrected chi connectivity index (χ1v) is 7.16. The first kappa shape index (κ1) is 14.0. The monoisotopic (exact) mass is 292 g/mol. The molecule has 0 saturated carbocycles. The summed E-state index contributed by atoms with van der Waals surface area (Å²) in [6, 6.07) is 9.56. The van der Waals surface area contributed by atoms with Crippen LogP contribution in [-0.2, 0) is 10.0 Å². The van der Waals surface area contributed by atoms with Crippen LogP contribution in [0, 0.1) is 0 Å². The summed E-state index contributed by atoms with van der Waals surface area (Å²) in [7, 11) is -2.56. The van der Waals surface area contributed by atoms with Crippen molar-refractivity contribution in [2.45, 2.75) is 4.90 Å². The Morgan fingerprint density at radius 1 is 1.15 bits per heavy atom. The van der Waals surface area contributed by atoms with Gasteiger partial charge >= 0.3 is 0 Å². The van der Waals surface area contributed by atoms with E-state index in [1.54, 1.807) is 0 Å². The van der Waals surface area contributed by atoms with Crippen LogP contribution in [0.3, 0.4) is 0 Å². The third-order valence-corrected chi connectivity index (χ3v) is 4.34. The highest BCUT2D eigenvalue weighted by Gasteiger charge is 2.19. The SMILES string of the molecule is CNC(=O)c1cccc(S(=O)(=O)n2ccccc2=O)c1. The van der Waals surface area contributed by atoms with Gasteiger partial charge in [-0.25, -0.2) is 12.4 Å². The molecule has 1 N–H and O–H groups in total. The number of nitrogens with one attached hydrogen (secondary N) is 1. The Kier molecular flexibility index (Phi) is 3.71. The van der Waals surface area contributed by atoms with E-state index in [1.807, 2.05) is 0 Å². The minimum Gasteiger partial charge on any atom is -0.355 e. The Morgan fingerprint density at radius 2 is 1.90 bits per heavy atom. The third-order valence-electron chi connectivity index (χ3n) is 2.67. The van der Waals surface area contributed by atoms with Gasteiger partial charge in [0.05, 0.1) is 4.90 Å². The van der Waals surface area contributed by atoms with Gasteiger partial charge in [0.15, 0.2) is 0 Å². The number of hydrogen-bond acceptors (Lipinski definition) is 4. The Bertz CT molecular complexity index is 809. The lowest BCUT2D eigenvalue weighted by atomic mass is 10.2. The molecule has 0 aliphatic heterocycles. The molecule has 0 bridgehead atoms. The number of carbonyl (C=O) groups is 1. The summed E-state index contributed by atoms with van der Waals surface area (Å²) in [6.07, 6.45) is 1.17. The van der Waals surface area contributed by atoms with Crippen molar-refractivity contribution in [1.82, 2.24) is 9.29 Å². The second-order valence-electron chi connectivity index (χ2n) is 3.95. The van der Waals surface area contributed by atoms with Crippen molar-refractivity contribution >= 4 is 15.9 Å². The molecule has 0 radical (unpaired) electrons. The highest BCUT2D eigenvalue weighted by molar-refractivity contribution is 7.90. The zero-order valence-corrected chi connectivity index (χ0v) is 11.4. The number of aromatic nitrogens is 1. The number of benzene rings is 1. The van der Waals surface area contributed by atoms with Crippen LogP contribution in [0.2, 0.25) is 0 Å². The number of pyridine rings is 1. The molecule has 1 amide bonds. The van der Waals surface area contributed by atoms with Crippen molar-refractivity contribution in [2.24, 2.45) is 0 Å². The molecule has 1 aromatic heterocycles. The number of nitrogens with zero attached hydrogens (tertiary/aromatic N) is 1. The van der Waals surface area contributed by atoms with E-state index < -0.39 is 21.5 Å². The Hall–Kier alpha value is -2.41. The summed E-state index contributed by atoms with van der Waals surface area (Å²) in [4.78, 5) is 23.0. The maximum absolute atomic E-state index is 12.3. The lowest BCUT2D eigenvalue weighted by Crippen LogP contribution is -2.26. The molecular formula is C13H12N2O4S. The molecule has 0 atom stereocenters. The zero-order valence-electron chi connectivity index (χ0n) is 10.6. The fourth-order valence-corrected chi connectivity index (χ4v) is 2.95. The molecule has 6 nitrogen and oxygen atoms in total. The third kappa shape index (κ3) is 2.48. The Balaban J connectivity index is 2.59. The predicted molar refractivity (Wildman–Crippen MR) is 73.1 cm³/mol. The molecule has 1 heterocycles. The maximum Gasteiger partial charge on any atom is 0.270 e. The lowest BCUT2D eigenvalue weighted by molar-refractivity contribution is 0.0963. The highest BCUT2D eigenvalue weighted by atomic mass is 32.2. The number of carbonyl (C=O) groups excluding carboxylic acids is 1. The lowest BCUT2D eigenvalue weighted by Gasteiger charge is -2.08. The molecule has 2 aromatic rings. The van der Waals surface area contributed by atoms with Gasteiger partial charge in [-0.05, 0) is 24.3 Å². The molecule has 2 rings (SSSR count). The van der Waals surface area contributed by atoms with Crippen molar-refractivity contribution in [3.63, 3.8) is 0 Å². The summed E-state index contributed by atoms with van der Waals surface area (Å²) in [5.41, 5.74) is -0.449. The second kappa shape index (κ2) is 5.30. The summed E-state index contributed by atoms with van der Waals surface area (Å²) in [6.45, 7) is 0. The number of hydrogen-bond donors (Lipinski definition) is 1. The second-order valence-corrected chi connectivity index (χ2v) is 5.76. The molecule has 1 aromatic carbocycles. The molecular weight excluding hydrogens is 280 g/mol. The smallest absolute Gasteiger partial charge is 0.270 e. The Morgan fingerprint density at radius 3 is 2.55 bits per heavy atom. The summed E-state index contributed by atoms with van der Waals surface area (Å²) >= 11 is 0. The van der Waals surface area contributed by atoms with E-state index in [0.29, 0.717) is 3.97 Å². The van der Waals surface area contributed by atoms with E-state index >= 15 is 0 Å². The van der Waals surface area contributed by atoms with Crippen LogP contribution in [-0.4, -0.2) is 25.3 Å². The number of amides is 1. The quantitative estimate of drug-likeness (QED) is 0.889. The molecule has 104 valence electrons. The highest BCUT2D eigenvalue weighted by Crippen LogP contribution is 2.14. The Labute approximate surface area is 115 Å². The summed E-state index contributed by atoms with van der Waals surface area (Å²) in [5.74, 6) is -0.401. The van der Waals surface area contributed by atoms with Crippen LogP contribution in [0.5, 0.6) is 0 Å². The average molecular weight is 292 g/mol. The van der Waals surface area contributed by atoms with E-state index in [0.717, 1.165) is 6.07 Å². The van der Waals surface area contributed by atoms with Gasteiger partial charge in [0.25, 0.3) is 21.5 Å². The van der Waals surface area contributed by atoms with Crippen molar-refractivity contribution in [3.05, 3.63) is 64.6 Å².